The number of amidine groups is 1. The molecule has 2 aromatic rings. The van der Waals surface area contributed by atoms with E-state index in [1.165, 1.54) is 18.2 Å². The summed E-state index contributed by atoms with van der Waals surface area (Å²) in [6.07, 6.45) is 0. The second-order valence-electron chi connectivity index (χ2n) is 4.30. The summed E-state index contributed by atoms with van der Waals surface area (Å²) in [5.41, 5.74) is 6.19. The zero-order chi connectivity index (χ0) is 17.7. The molecule has 0 fully saturated rings. The van der Waals surface area contributed by atoms with Crippen molar-refractivity contribution in [3.05, 3.63) is 34.2 Å². The van der Waals surface area contributed by atoms with E-state index in [9.17, 15) is 12.8 Å². The van der Waals surface area contributed by atoms with Crippen LogP contribution < -0.4 is 20.3 Å². The highest BCUT2D eigenvalue weighted by Gasteiger charge is 2.16. The Labute approximate surface area is 144 Å². The molecule has 0 saturated carbocycles. The molecule has 10 nitrogen and oxygen atoms in total. The molecular formula is C11H12BrFN6O4S. The number of nitrogens with zero attached hydrogens (tertiary/aromatic N) is 3. The fraction of sp³-hybridized carbons (Fsp3) is 0.182. The Morgan fingerprint density at radius 1 is 1.46 bits per heavy atom. The molecule has 5 N–H and O–H groups in total. The summed E-state index contributed by atoms with van der Waals surface area (Å²) in [5, 5.41) is 11.8. The largest absolute Gasteiger partial charge is 0.472 e. The number of benzene rings is 1. The van der Waals surface area contributed by atoms with Gasteiger partial charge in [-0.3, -0.25) is 0 Å². The minimum atomic E-state index is -3.81. The molecule has 0 atom stereocenters. The van der Waals surface area contributed by atoms with Crippen molar-refractivity contribution in [2.75, 3.05) is 13.2 Å². The van der Waals surface area contributed by atoms with E-state index in [1.807, 2.05) is 4.72 Å². The molecule has 0 aliphatic rings. The zero-order valence-corrected chi connectivity index (χ0v) is 14.3. The molecule has 2 rings (SSSR count). The molecule has 0 aliphatic carbocycles. The number of aromatic nitrogens is 2. The maximum absolute atomic E-state index is 13.2. The van der Waals surface area contributed by atoms with Crippen LogP contribution in [0.1, 0.15) is 5.69 Å². The second-order valence-corrected chi connectivity index (χ2v) is 6.53. The molecule has 0 saturated heterocycles. The summed E-state index contributed by atoms with van der Waals surface area (Å²) in [4.78, 5) is 4.06. The van der Waals surface area contributed by atoms with Gasteiger partial charge in [-0.2, -0.15) is 13.1 Å². The summed E-state index contributed by atoms with van der Waals surface area (Å²) in [5.74, 6) is -0.597. The molecular weight excluding hydrogens is 411 g/mol. The normalized spacial score (nSPS) is 12.4. The molecule has 0 aliphatic heterocycles. The van der Waals surface area contributed by atoms with Crippen LogP contribution in [-0.4, -0.2) is 37.7 Å². The molecule has 1 aromatic heterocycles. The van der Waals surface area contributed by atoms with E-state index in [0.717, 1.165) is 0 Å². The van der Waals surface area contributed by atoms with Gasteiger partial charge in [0.25, 0.3) is 16.1 Å². The number of rotatable bonds is 7. The van der Waals surface area contributed by atoms with E-state index in [1.54, 1.807) is 0 Å². The topological polar surface area (TPSA) is 159 Å². The predicted molar refractivity (Wildman–Crippen MR) is 85.4 cm³/mol. The smallest absolute Gasteiger partial charge is 0.287 e. The van der Waals surface area contributed by atoms with Crippen LogP contribution in [-0.2, 0) is 10.2 Å². The van der Waals surface area contributed by atoms with E-state index >= 15 is 0 Å². The highest BCUT2D eigenvalue weighted by atomic mass is 79.9. The molecule has 0 bridgehead atoms. The summed E-state index contributed by atoms with van der Waals surface area (Å²) in [7, 11) is -3.81. The van der Waals surface area contributed by atoms with Gasteiger partial charge in [0.05, 0.1) is 10.2 Å². The third-order valence-corrected chi connectivity index (χ3v) is 3.71. The van der Waals surface area contributed by atoms with Crippen LogP contribution in [0.4, 0.5) is 10.1 Å². The third-order valence-electron chi connectivity index (χ3n) is 2.50. The van der Waals surface area contributed by atoms with Gasteiger partial charge in [0.1, 0.15) is 12.4 Å². The van der Waals surface area contributed by atoms with Gasteiger partial charge in [-0.25, -0.2) is 19.2 Å². The van der Waals surface area contributed by atoms with Gasteiger partial charge in [0, 0.05) is 6.54 Å². The molecule has 0 amide bonds. The maximum Gasteiger partial charge on any atom is 0.287 e. The van der Waals surface area contributed by atoms with Crippen molar-refractivity contribution >= 4 is 37.7 Å². The Morgan fingerprint density at radius 3 is 2.88 bits per heavy atom. The first-order valence-corrected chi connectivity index (χ1v) is 8.62. The Kier molecular flexibility index (Phi) is 5.82. The molecule has 0 unspecified atom stereocenters. The summed E-state index contributed by atoms with van der Waals surface area (Å²) in [6.45, 7) is -0.180. The van der Waals surface area contributed by atoms with Gasteiger partial charge in [-0.05, 0) is 44.4 Å². The minimum Gasteiger partial charge on any atom is -0.472 e. The average molecular weight is 423 g/mol. The second kappa shape index (κ2) is 7.65. The SMILES string of the molecule is NC(=Nc1ccc(F)c(Br)c1)c1nonc1OCCNS(N)(=O)=O. The molecule has 1 aromatic carbocycles. The van der Waals surface area contributed by atoms with Crippen LogP contribution in [0.25, 0.3) is 0 Å². The Hall–Kier alpha value is -2.09. The van der Waals surface area contributed by atoms with E-state index in [-0.39, 0.29) is 35.0 Å². The summed E-state index contributed by atoms with van der Waals surface area (Å²) >= 11 is 3.03. The van der Waals surface area contributed by atoms with Crippen molar-refractivity contribution in [1.82, 2.24) is 15.0 Å². The van der Waals surface area contributed by atoms with Gasteiger partial charge in [0.15, 0.2) is 5.84 Å². The van der Waals surface area contributed by atoms with Crippen molar-refractivity contribution in [3.8, 4) is 5.88 Å². The van der Waals surface area contributed by atoms with E-state index in [4.69, 9.17) is 15.6 Å². The van der Waals surface area contributed by atoms with Crippen molar-refractivity contribution < 1.29 is 22.2 Å². The van der Waals surface area contributed by atoms with Gasteiger partial charge in [-0.15, -0.1) is 0 Å². The van der Waals surface area contributed by atoms with Crippen molar-refractivity contribution in [3.63, 3.8) is 0 Å². The fourth-order valence-corrected chi connectivity index (χ4v) is 2.24. The lowest BCUT2D eigenvalue weighted by molar-refractivity contribution is 0.258. The van der Waals surface area contributed by atoms with Crippen LogP contribution in [0.15, 0.2) is 32.3 Å². The Balaban J connectivity index is 2.07. The molecule has 0 radical (unpaired) electrons. The van der Waals surface area contributed by atoms with Crippen molar-refractivity contribution in [2.45, 2.75) is 0 Å². The number of nitrogens with one attached hydrogen (secondary N) is 1. The van der Waals surface area contributed by atoms with Crippen molar-refractivity contribution in [2.24, 2.45) is 15.9 Å². The highest BCUT2D eigenvalue weighted by Crippen LogP contribution is 2.23. The standard InChI is InChI=1S/C11H12BrFN6O4S/c12-7-5-6(1-2-8(7)13)17-10(14)9-11(19-23-18-9)22-4-3-16-24(15,20)21/h1-2,5,16H,3-4H2,(H2,14,17)(H2,15,20,21). The molecule has 13 heteroatoms. The lowest BCUT2D eigenvalue weighted by Gasteiger charge is -2.04. The Bertz CT molecular complexity index is 856. The fourth-order valence-electron chi connectivity index (χ4n) is 1.51. The zero-order valence-electron chi connectivity index (χ0n) is 11.9. The summed E-state index contributed by atoms with van der Waals surface area (Å²) < 4.78 is 46.6. The van der Waals surface area contributed by atoms with E-state index in [0.29, 0.717) is 5.69 Å². The molecule has 130 valence electrons. The third kappa shape index (κ3) is 5.23. The first-order valence-electron chi connectivity index (χ1n) is 6.28. The minimum absolute atomic E-state index is 0.0195. The number of hydrogen-bond donors (Lipinski definition) is 3. The first-order chi connectivity index (χ1) is 11.3. The van der Waals surface area contributed by atoms with Crippen LogP contribution in [0, 0.1) is 5.82 Å². The van der Waals surface area contributed by atoms with Gasteiger partial charge in [-0.1, -0.05) is 0 Å². The molecule has 1 heterocycles. The highest BCUT2D eigenvalue weighted by molar-refractivity contribution is 9.10. The number of aliphatic imine (C=N–C) groups is 1. The quantitative estimate of drug-likeness (QED) is 0.325. The van der Waals surface area contributed by atoms with Crippen LogP contribution >= 0.6 is 15.9 Å². The summed E-state index contributed by atoms with van der Waals surface area (Å²) in [6, 6.07) is 4.05. The number of ether oxygens (including phenoxy) is 1. The first kappa shape index (κ1) is 18.3. The lowest BCUT2D eigenvalue weighted by atomic mass is 10.3. The van der Waals surface area contributed by atoms with E-state index in [2.05, 4.69) is 35.9 Å². The average Bonchev–Trinajstić information content (AvgIpc) is 2.95. The van der Waals surface area contributed by atoms with Gasteiger partial charge in [0.2, 0.25) is 5.69 Å². The molecule has 0 spiro atoms. The van der Waals surface area contributed by atoms with Gasteiger partial charge >= 0.3 is 0 Å². The van der Waals surface area contributed by atoms with Gasteiger partial charge < -0.3 is 10.5 Å². The number of hydrogen-bond acceptors (Lipinski definition) is 7. The molecule has 24 heavy (non-hydrogen) atoms. The van der Waals surface area contributed by atoms with Crippen LogP contribution in [0.3, 0.4) is 0 Å². The number of nitrogens with two attached hydrogens (primary N) is 2. The van der Waals surface area contributed by atoms with E-state index < -0.39 is 16.0 Å². The lowest BCUT2D eigenvalue weighted by Crippen LogP contribution is -2.34. The Morgan fingerprint density at radius 2 is 2.21 bits per heavy atom. The maximum atomic E-state index is 13.2. The predicted octanol–water partition coefficient (Wildman–Crippen LogP) is 0.180. The van der Waals surface area contributed by atoms with Crippen LogP contribution in [0.5, 0.6) is 5.88 Å². The number of halogens is 2. The van der Waals surface area contributed by atoms with Crippen molar-refractivity contribution in [1.29, 1.82) is 0 Å². The monoisotopic (exact) mass is 422 g/mol. The van der Waals surface area contributed by atoms with Crippen LogP contribution in [0.2, 0.25) is 0 Å².